The minimum absolute atomic E-state index is 0.0172. The van der Waals surface area contributed by atoms with Crippen LogP contribution >= 0.6 is 11.8 Å². The van der Waals surface area contributed by atoms with Crippen molar-refractivity contribution in [3.63, 3.8) is 0 Å². The maximum absolute atomic E-state index is 12.8. The van der Waals surface area contributed by atoms with Crippen LogP contribution in [0.2, 0.25) is 0 Å². The summed E-state index contributed by atoms with van der Waals surface area (Å²) in [7, 11) is 0. The summed E-state index contributed by atoms with van der Waals surface area (Å²) in [6.45, 7) is 3.58. The molecule has 0 bridgehead atoms. The number of rotatable bonds is 8. The van der Waals surface area contributed by atoms with E-state index in [0.29, 0.717) is 29.5 Å². The number of ether oxygens (including phenoxy) is 1. The van der Waals surface area contributed by atoms with Gasteiger partial charge < -0.3 is 10.1 Å². The molecule has 3 unspecified atom stereocenters. The molecule has 1 aliphatic heterocycles. The van der Waals surface area contributed by atoms with E-state index in [1.807, 2.05) is 47.9 Å². The number of carbonyl (C=O) groups excluding carboxylic acids is 1. The Labute approximate surface area is 203 Å². The number of hydrogen-bond donors (Lipinski definition) is 3. The van der Waals surface area contributed by atoms with Crippen molar-refractivity contribution < 1.29 is 9.53 Å². The molecule has 3 aromatic rings. The number of nitrogens with one attached hydrogen (secondary N) is 3. The number of hydrazine groups is 1. The van der Waals surface area contributed by atoms with Crippen LogP contribution in [0.15, 0.2) is 53.9 Å². The molecule has 2 aliphatic rings. The smallest absolute Gasteiger partial charge is 0.230 e. The van der Waals surface area contributed by atoms with Crippen LogP contribution in [-0.4, -0.2) is 56.6 Å². The van der Waals surface area contributed by atoms with Crippen molar-refractivity contribution in [2.45, 2.75) is 43.4 Å². The zero-order valence-electron chi connectivity index (χ0n) is 19.1. The molecule has 1 amide bonds. The lowest BCUT2D eigenvalue weighted by molar-refractivity contribution is -0.119. The maximum atomic E-state index is 12.8. The lowest BCUT2D eigenvalue weighted by Crippen LogP contribution is -2.45. The van der Waals surface area contributed by atoms with Gasteiger partial charge in [0.05, 0.1) is 12.4 Å². The first kappa shape index (κ1) is 22.8. The molecule has 2 fully saturated rings. The van der Waals surface area contributed by atoms with E-state index < -0.39 is 0 Å². The average Bonchev–Trinajstić information content (AvgIpc) is 3.51. The Hall–Kier alpha value is -2.95. The molecule has 1 aliphatic carbocycles. The summed E-state index contributed by atoms with van der Waals surface area (Å²) in [4.78, 5) is 17.0. The molecule has 5 rings (SSSR count). The van der Waals surface area contributed by atoms with Gasteiger partial charge in [-0.2, -0.15) is 0 Å². The summed E-state index contributed by atoms with van der Waals surface area (Å²) in [5, 5.41) is 12.7. The average molecular weight is 480 g/mol. The second-order valence-electron chi connectivity index (χ2n) is 8.57. The third-order valence-corrected chi connectivity index (χ3v) is 7.23. The van der Waals surface area contributed by atoms with E-state index in [9.17, 15) is 4.79 Å². The van der Waals surface area contributed by atoms with E-state index in [1.54, 1.807) is 12.4 Å². The molecule has 0 radical (unpaired) electrons. The maximum Gasteiger partial charge on any atom is 0.230 e. The second-order valence-corrected chi connectivity index (χ2v) is 9.51. The molecule has 10 heteroatoms. The van der Waals surface area contributed by atoms with Crippen molar-refractivity contribution in [2.24, 2.45) is 5.92 Å². The molecule has 9 nitrogen and oxygen atoms in total. The summed E-state index contributed by atoms with van der Waals surface area (Å²) in [6, 6.07) is 12.3. The highest BCUT2D eigenvalue weighted by molar-refractivity contribution is 7.99. The van der Waals surface area contributed by atoms with Gasteiger partial charge >= 0.3 is 0 Å². The van der Waals surface area contributed by atoms with E-state index in [1.165, 1.54) is 11.8 Å². The van der Waals surface area contributed by atoms with Crippen LogP contribution in [0.25, 0.3) is 17.1 Å². The summed E-state index contributed by atoms with van der Waals surface area (Å²) >= 11 is 1.39. The van der Waals surface area contributed by atoms with E-state index in [-0.39, 0.29) is 17.7 Å². The molecule has 34 heavy (non-hydrogen) atoms. The molecule has 1 aromatic carbocycles. The quantitative estimate of drug-likeness (QED) is 0.424. The Balaban J connectivity index is 1.31. The first-order valence-corrected chi connectivity index (χ1v) is 12.7. The van der Waals surface area contributed by atoms with Crippen LogP contribution < -0.4 is 20.9 Å². The number of carbonyl (C=O) groups is 1. The van der Waals surface area contributed by atoms with Crippen molar-refractivity contribution in [3.05, 3.63) is 48.8 Å². The number of fused-ring (bicyclic) bond motifs is 1. The molecule has 1 saturated carbocycles. The first-order valence-electron chi connectivity index (χ1n) is 11.7. The van der Waals surface area contributed by atoms with Gasteiger partial charge in [-0.3, -0.25) is 25.2 Å². The fraction of sp³-hybridized carbons (Fsp3) is 0.417. The normalized spacial score (nSPS) is 21.7. The van der Waals surface area contributed by atoms with E-state index in [4.69, 9.17) is 4.74 Å². The van der Waals surface area contributed by atoms with Gasteiger partial charge in [-0.1, -0.05) is 11.8 Å². The van der Waals surface area contributed by atoms with Crippen LogP contribution in [0.1, 0.15) is 26.2 Å². The van der Waals surface area contributed by atoms with Crippen LogP contribution in [0.3, 0.4) is 0 Å². The highest BCUT2D eigenvalue weighted by Gasteiger charge is 2.34. The van der Waals surface area contributed by atoms with Gasteiger partial charge in [0.25, 0.3) is 0 Å². The number of nitrogens with zero attached hydrogens (tertiary/aromatic N) is 4. The largest absolute Gasteiger partial charge is 0.494 e. The molecule has 3 heterocycles. The van der Waals surface area contributed by atoms with Crippen molar-refractivity contribution >= 4 is 17.7 Å². The Morgan fingerprint density at radius 2 is 2.12 bits per heavy atom. The lowest BCUT2D eigenvalue weighted by atomic mass is 9.83. The fourth-order valence-corrected chi connectivity index (χ4v) is 5.41. The third-order valence-electron chi connectivity index (χ3n) is 6.30. The Morgan fingerprint density at radius 1 is 1.24 bits per heavy atom. The van der Waals surface area contributed by atoms with E-state index in [2.05, 4.69) is 31.3 Å². The minimum atomic E-state index is 0.0172. The lowest BCUT2D eigenvalue weighted by Gasteiger charge is -2.31. The topological polar surface area (TPSA) is 106 Å². The number of benzene rings is 1. The number of hydrogen-bond acceptors (Lipinski definition) is 8. The predicted octanol–water partition coefficient (Wildman–Crippen LogP) is 2.58. The first-order chi connectivity index (χ1) is 16.7. The fourth-order valence-electron chi connectivity index (χ4n) is 4.64. The van der Waals surface area contributed by atoms with Gasteiger partial charge in [-0.25, -0.2) is 0 Å². The van der Waals surface area contributed by atoms with Crippen LogP contribution in [0.5, 0.6) is 5.75 Å². The van der Waals surface area contributed by atoms with Crippen LogP contribution in [0.4, 0.5) is 0 Å². The molecule has 3 N–H and O–H groups in total. The molecule has 0 spiro atoms. The van der Waals surface area contributed by atoms with Gasteiger partial charge in [0.1, 0.15) is 5.75 Å². The van der Waals surface area contributed by atoms with E-state index >= 15 is 0 Å². The Kier molecular flexibility index (Phi) is 7.08. The van der Waals surface area contributed by atoms with Gasteiger partial charge in [0.2, 0.25) is 5.91 Å². The highest BCUT2D eigenvalue weighted by Crippen LogP contribution is 2.29. The highest BCUT2D eigenvalue weighted by atomic mass is 32.2. The Morgan fingerprint density at radius 3 is 2.91 bits per heavy atom. The van der Waals surface area contributed by atoms with Crippen LogP contribution in [-0.2, 0) is 4.79 Å². The van der Waals surface area contributed by atoms with Crippen LogP contribution in [0, 0.1) is 5.92 Å². The minimum Gasteiger partial charge on any atom is -0.494 e. The molecule has 3 atom stereocenters. The summed E-state index contributed by atoms with van der Waals surface area (Å²) in [5.41, 5.74) is 8.32. The zero-order valence-corrected chi connectivity index (χ0v) is 19.9. The van der Waals surface area contributed by atoms with Gasteiger partial charge in [-0.05, 0) is 68.5 Å². The Bertz CT molecular complexity index is 1110. The van der Waals surface area contributed by atoms with E-state index in [0.717, 1.165) is 42.8 Å². The number of amides is 1. The second kappa shape index (κ2) is 10.5. The van der Waals surface area contributed by atoms with Crippen molar-refractivity contribution in [3.8, 4) is 22.8 Å². The number of pyridine rings is 1. The summed E-state index contributed by atoms with van der Waals surface area (Å²) < 4.78 is 7.55. The molecular weight excluding hydrogens is 450 g/mol. The van der Waals surface area contributed by atoms with Gasteiger partial charge in [0.15, 0.2) is 11.0 Å². The summed E-state index contributed by atoms with van der Waals surface area (Å²) in [6.07, 6.45) is 6.60. The summed E-state index contributed by atoms with van der Waals surface area (Å²) in [5.74, 6) is 2.44. The number of thioether (sulfide) groups is 1. The molecule has 1 saturated heterocycles. The van der Waals surface area contributed by atoms with Gasteiger partial charge in [0, 0.05) is 42.3 Å². The van der Waals surface area contributed by atoms with Crippen molar-refractivity contribution in [1.29, 1.82) is 0 Å². The zero-order chi connectivity index (χ0) is 23.3. The monoisotopic (exact) mass is 479 g/mol. The molecule has 178 valence electrons. The van der Waals surface area contributed by atoms with Gasteiger partial charge in [-0.15, -0.1) is 10.2 Å². The van der Waals surface area contributed by atoms with Crippen molar-refractivity contribution in [2.75, 3.05) is 18.9 Å². The molecular formula is C24H29N7O2S. The van der Waals surface area contributed by atoms with Crippen molar-refractivity contribution in [1.82, 2.24) is 35.9 Å². The standard InChI is InChI=1S/C24H29N7O2S/c1-2-33-20-9-7-19(8-10-20)31-23(17-4-3-11-25-13-17)29-30-24(31)34-15-22(32)27-18-6-5-16-14-26-28-21(16)12-18/h3-4,7-11,13,16,18,21,26,28H,2,5-6,12,14-15H2,1H3,(H,27,32). The number of aromatic nitrogens is 4. The SMILES string of the molecule is CCOc1ccc(-n2c(SCC(=O)NC3CCC4CNNC4C3)nnc2-c2cccnc2)cc1. The third kappa shape index (κ3) is 5.08. The molecule has 2 aromatic heterocycles. The predicted molar refractivity (Wildman–Crippen MR) is 131 cm³/mol.